The number of benzene rings is 1. The summed E-state index contributed by atoms with van der Waals surface area (Å²) in [7, 11) is 0. The molecule has 1 aromatic rings. The second-order valence-electron chi connectivity index (χ2n) is 3.79. The van der Waals surface area contributed by atoms with Crippen molar-refractivity contribution < 1.29 is 9.47 Å². The molecular weight excluding hydrogens is 318 g/mol. The van der Waals surface area contributed by atoms with Crippen molar-refractivity contribution in [1.29, 1.82) is 0 Å². The molecule has 1 aromatic carbocycles. The molecule has 18 heavy (non-hydrogen) atoms. The van der Waals surface area contributed by atoms with Gasteiger partial charge in [-0.1, -0.05) is 11.6 Å². The molecule has 0 aliphatic carbocycles. The number of hydrogen-bond acceptors (Lipinski definition) is 3. The van der Waals surface area contributed by atoms with Gasteiger partial charge in [0.05, 0.1) is 11.1 Å². The second-order valence-corrected chi connectivity index (χ2v) is 4.86. The largest absolute Gasteiger partial charge is 0.490 e. The van der Waals surface area contributed by atoms with E-state index in [1.807, 2.05) is 26.0 Å². The van der Waals surface area contributed by atoms with Gasteiger partial charge in [-0.25, -0.2) is 0 Å². The molecule has 0 aliphatic heterocycles. The third-order valence-electron chi connectivity index (χ3n) is 2.24. The monoisotopic (exact) mass is 333 g/mol. The van der Waals surface area contributed by atoms with Crippen molar-refractivity contribution in [1.82, 2.24) is 0 Å². The highest BCUT2D eigenvalue weighted by Gasteiger charge is 2.12. The van der Waals surface area contributed by atoms with Crippen molar-refractivity contribution in [2.75, 3.05) is 13.2 Å². The number of ether oxygens (including phenoxy) is 2. The molecule has 0 atom stereocenters. The molecule has 0 unspecified atom stereocenters. The van der Waals surface area contributed by atoms with Crippen LogP contribution >= 0.6 is 27.5 Å². The van der Waals surface area contributed by atoms with Crippen LogP contribution in [0.5, 0.6) is 11.5 Å². The van der Waals surface area contributed by atoms with Crippen LogP contribution in [0.15, 0.2) is 27.7 Å². The highest BCUT2D eigenvalue weighted by Crippen LogP contribution is 2.37. The van der Waals surface area contributed by atoms with Crippen molar-refractivity contribution in [3.63, 3.8) is 0 Å². The SMILES string of the molecule is CCOc1cc(CN)cc(Br)c1OC/C(C)=C/Cl. The Morgan fingerprint density at radius 2 is 2.17 bits per heavy atom. The molecule has 0 aromatic heterocycles. The summed E-state index contributed by atoms with van der Waals surface area (Å²) < 4.78 is 12.1. The van der Waals surface area contributed by atoms with E-state index in [1.54, 1.807) is 0 Å². The van der Waals surface area contributed by atoms with Crippen molar-refractivity contribution in [3.05, 3.63) is 33.3 Å². The van der Waals surface area contributed by atoms with Crippen LogP contribution in [-0.4, -0.2) is 13.2 Å². The van der Waals surface area contributed by atoms with E-state index in [0.717, 1.165) is 15.6 Å². The Hall–Kier alpha value is -0.710. The Kier molecular flexibility index (Phi) is 6.54. The molecule has 0 bridgehead atoms. The predicted octanol–water partition coefficient (Wildman–Crippen LogP) is 3.83. The van der Waals surface area contributed by atoms with E-state index in [4.69, 9.17) is 26.8 Å². The van der Waals surface area contributed by atoms with E-state index in [1.165, 1.54) is 5.54 Å². The van der Waals surface area contributed by atoms with Crippen LogP contribution in [0.1, 0.15) is 19.4 Å². The third-order valence-corrected chi connectivity index (χ3v) is 3.20. The lowest BCUT2D eigenvalue weighted by atomic mass is 10.2. The number of halogens is 2. The Bertz CT molecular complexity index is 435. The molecule has 0 amide bonds. The van der Waals surface area contributed by atoms with Crippen molar-refractivity contribution in [2.24, 2.45) is 5.73 Å². The van der Waals surface area contributed by atoms with Gasteiger partial charge in [0.25, 0.3) is 0 Å². The first-order valence-corrected chi connectivity index (χ1v) is 6.89. The van der Waals surface area contributed by atoms with E-state index < -0.39 is 0 Å². The average molecular weight is 335 g/mol. The molecule has 0 spiro atoms. The summed E-state index contributed by atoms with van der Waals surface area (Å²) in [6.45, 7) is 5.27. The van der Waals surface area contributed by atoms with Crippen LogP contribution < -0.4 is 15.2 Å². The van der Waals surface area contributed by atoms with E-state index in [0.29, 0.717) is 31.3 Å². The minimum atomic E-state index is 0.421. The normalized spacial score (nSPS) is 11.5. The number of hydrogen-bond donors (Lipinski definition) is 1. The molecule has 0 saturated carbocycles. The van der Waals surface area contributed by atoms with Crippen LogP contribution in [0.4, 0.5) is 0 Å². The van der Waals surface area contributed by atoms with Crippen LogP contribution in [0.2, 0.25) is 0 Å². The molecule has 0 aliphatic rings. The molecule has 0 radical (unpaired) electrons. The highest BCUT2D eigenvalue weighted by molar-refractivity contribution is 9.10. The molecule has 0 fully saturated rings. The maximum atomic E-state index is 5.71. The van der Waals surface area contributed by atoms with Crippen LogP contribution in [0.3, 0.4) is 0 Å². The first-order valence-electron chi connectivity index (χ1n) is 5.66. The lowest BCUT2D eigenvalue weighted by Gasteiger charge is -2.15. The van der Waals surface area contributed by atoms with Gasteiger partial charge in [-0.05, 0) is 53.0 Å². The summed E-state index contributed by atoms with van der Waals surface area (Å²) in [5.41, 5.74) is 9.06. The maximum Gasteiger partial charge on any atom is 0.175 e. The lowest BCUT2D eigenvalue weighted by Crippen LogP contribution is -2.04. The summed E-state index contributed by atoms with van der Waals surface area (Å²) in [5, 5.41) is 0. The summed E-state index contributed by atoms with van der Waals surface area (Å²) in [4.78, 5) is 0. The smallest absolute Gasteiger partial charge is 0.175 e. The zero-order valence-corrected chi connectivity index (χ0v) is 12.8. The third kappa shape index (κ3) is 4.19. The number of nitrogens with two attached hydrogens (primary N) is 1. The van der Waals surface area contributed by atoms with Crippen molar-refractivity contribution in [2.45, 2.75) is 20.4 Å². The fourth-order valence-electron chi connectivity index (χ4n) is 1.36. The van der Waals surface area contributed by atoms with Gasteiger partial charge >= 0.3 is 0 Å². The summed E-state index contributed by atoms with van der Waals surface area (Å²) in [6, 6.07) is 3.82. The Labute approximate surface area is 121 Å². The van der Waals surface area contributed by atoms with Gasteiger partial charge in [0, 0.05) is 12.1 Å². The molecule has 2 N–H and O–H groups in total. The molecule has 0 saturated heterocycles. The van der Waals surface area contributed by atoms with Gasteiger partial charge in [-0.3, -0.25) is 0 Å². The van der Waals surface area contributed by atoms with Gasteiger partial charge in [0.15, 0.2) is 11.5 Å². The second kappa shape index (κ2) is 7.67. The van der Waals surface area contributed by atoms with Gasteiger partial charge in [-0.2, -0.15) is 0 Å². The van der Waals surface area contributed by atoms with Crippen LogP contribution in [-0.2, 0) is 6.54 Å². The fourth-order valence-corrected chi connectivity index (χ4v) is 2.03. The van der Waals surface area contributed by atoms with Crippen LogP contribution in [0.25, 0.3) is 0 Å². The van der Waals surface area contributed by atoms with Gasteiger partial charge < -0.3 is 15.2 Å². The quantitative estimate of drug-likeness (QED) is 0.860. The van der Waals surface area contributed by atoms with Crippen molar-refractivity contribution in [3.8, 4) is 11.5 Å². The van der Waals surface area contributed by atoms with Crippen molar-refractivity contribution >= 4 is 27.5 Å². The van der Waals surface area contributed by atoms with Gasteiger partial charge in [0.2, 0.25) is 0 Å². The molecular formula is C13H17BrClNO2. The predicted molar refractivity (Wildman–Crippen MR) is 78.3 cm³/mol. The van der Waals surface area contributed by atoms with Crippen LogP contribution in [0, 0.1) is 0 Å². The van der Waals surface area contributed by atoms with E-state index >= 15 is 0 Å². The minimum absolute atomic E-state index is 0.421. The Morgan fingerprint density at radius 3 is 2.72 bits per heavy atom. The average Bonchev–Trinajstić information content (AvgIpc) is 2.37. The topological polar surface area (TPSA) is 44.5 Å². The van der Waals surface area contributed by atoms with Gasteiger partial charge in [0.1, 0.15) is 6.61 Å². The molecule has 3 nitrogen and oxygen atoms in total. The zero-order chi connectivity index (χ0) is 13.5. The minimum Gasteiger partial charge on any atom is -0.490 e. The summed E-state index contributed by atoms with van der Waals surface area (Å²) in [5.74, 6) is 1.36. The van der Waals surface area contributed by atoms with E-state index in [9.17, 15) is 0 Å². The van der Waals surface area contributed by atoms with E-state index in [2.05, 4.69) is 15.9 Å². The first kappa shape index (κ1) is 15.3. The highest BCUT2D eigenvalue weighted by atomic mass is 79.9. The zero-order valence-electron chi connectivity index (χ0n) is 10.5. The Morgan fingerprint density at radius 1 is 1.44 bits per heavy atom. The first-order chi connectivity index (χ1) is 8.62. The molecule has 0 heterocycles. The molecule has 1 rings (SSSR count). The fraction of sp³-hybridized carbons (Fsp3) is 0.385. The van der Waals surface area contributed by atoms with Gasteiger partial charge in [-0.15, -0.1) is 0 Å². The summed E-state index contributed by atoms with van der Waals surface area (Å²) >= 11 is 9.07. The maximum absolute atomic E-state index is 5.71. The lowest BCUT2D eigenvalue weighted by molar-refractivity contribution is 0.291. The summed E-state index contributed by atoms with van der Waals surface area (Å²) in [6.07, 6.45) is 0. The number of rotatable bonds is 6. The van der Waals surface area contributed by atoms with E-state index in [-0.39, 0.29) is 0 Å². The molecule has 100 valence electrons. The Balaban J connectivity index is 3.00. The standard InChI is InChI=1S/C13H17BrClNO2/c1-3-17-12-5-10(7-16)4-11(14)13(12)18-8-9(2)6-15/h4-6H,3,7-8,16H2,1-2H3/b9-6+. The molecule has 5 heteroatoms.